The summed E-state index contributed by atoms with van der Waals surface area (Å²) in [6, 6.07) is 7.23. The fourth-order valence-corrected chi connectivity index (χ4v) is 2.08. The van der Waals surface area contributed by atoms with Gasteiger partial charge < -0.3 is 16.4 Å². The van der Waals surface area contributed by atoms with Crippen molar-refractivity contribution in [3.63, 3.8) is 0 Å². The lowest BCUT2D eigenvalue weighted by Gasteiger charge is -2.12. The molecule has 0 fully saturated rings. The average Bonchev–Trinajstić information content (AvgIpc) is 2.85. The van der Waals surface area contributed by atoms with Crippen LogP contribution in [0.25, 0.3) is 0 Å². The number of amides is 1. The van der Waals surface area contributed by atoms with Gasteiger partial charge in [-0.25, -0.2) is 0 Å². The number of nitrogens with zero attached hydrogens (tertiary/aromatic N) is 2. The molecule has 1 amide bonds. The monoisotopic (exact) mass is 287 g/mol. The molecule has 2 aromatic rings. The van der Waals surface area contributed by atoms with Crippen LogP contribution in [0.5, 0.6) is 0 Å². The quantitative estimate of drug-likeness (QED) is 0.701. The lowest BCUT2D eigenvalue weighted by Crippen LogP contribution is -2.24. The van der Waals surface area contributed by atoms with Crippen LogP contribution in [0.4, 0.5) is 11.4 Å². The maximum absolute atomic E-state index is 12.0. The van der Waals surface area contributed by atoms with E-state index in [4.69, 9.17) is 5.73 Å². The number of benzene rings is 1. The molecule has 0 aliphatic rings. The van der Waals surface area contributed by atoms with Gasteiger partial charge in [0.15, 0.2) is 0 Å². The number of carbonyl (C=O) groups is 1. The molecule has 2 rings (SSSR count). The summed E-state index contributed by atoms with van der Waals surface area (Å²) in [5.41, 5.74) is 8.79. The number of nitrogen functional groups attached to an aromatic ring is 1. The lowest BCUT2D eigenvalue weighted by molar-refractivity contribution is 0.0956. The molecule has 0 aliphatic carbocycles. The number of hydrogen-bond donors (Lipinski definition) is 3. The molecule has 1 aromatic carbocycles. The van der Waals surface area contributed by atoms with Gasteiger partial charge in [0.05, 0.1) is 11.3 Å². The highest BCUT2D eigenvalue weighted by Gasteiger charge is 2.10. The molecular formula is C15H21N5O. The summed E-state index contributed by atoms with van der Waals surface area (Å²) in [6.45, 7) is 3.17. The number of anilines is 2. The summed E-state index contributed by atoms with van der Waals surface area (Å²) < 4.78 is 1.77. The van der Waals surface area contributed by atoms with Gasteiger partial charge in [0, 0.05) is 44.1 Å². The Morgan fingerprint density at radius 2 is 2.19 bits per heavy atom. The first-order chi connectivity index (χ1) is 10.1. The normalized spacial score (nSPS) is 10.4. The van der Waals surface area contributed by atoms with Crippen LogP contribution in [0, 0.1) is 0 Å². The van der Waals surface area contributed by atoms with Crippen LogP contribution in [-0.4, -0.2) is 28.8 Å². The molecule has 0 saturated heterocycles. The van der Waals surface area contributed by atoms with Crippen molar-refractivity contribution in [2.75, 3.05) is 24.1 Å². The summed E-state index contributed by atoms with van der Waals surface area (Å²) in [7, 11) is 1.89. The average molecular weight is 287 g/mol. The van der Waals surface area contributed by atoms with E-state index < -0.39 is 0 Å². The zero-order valence-electron chi connectivity index (χ0n) is 12.4. The molecule has 6 nitrogen and oxygen atoms in total. The highest BCUT2D eigenvalue weighted by molar-refractivity contribution is 6.00. The van der Waals surface area contributed by atoms with E-state index in [0.29, 0.717) is 24.3 Å². The van der Waals surface area contributed by atoms with Gasteiger partial charge in [0.2, 0.25) is 0 Å². The predicted octanol–water partition coefficient (Wildman–Crippen LogP) is 1.41. The topological polar surface area (TPSA) is 85.0 Å². The molecular weight excluding hydrogens is 266 g/mol. The Balaban J connectivity index is 2.04. The van der Waals surface area contributed by atoms with Crippen molar-refractivity contribution in [1.29, 1.82) is 0 Å². The minimum atomic E-state index is -0.0992. The predicted molar refractivity (Wildman–Crippen MR) is 84.3 cm³/mol. The van der Waals surface area contributed by atoms with Crippen LogP contribution >= 0.6 is 0 Å². The van der Waals surface area contributed by atoms with Gasteiger partial charge in [0.25, 0.3) is 5.91 Å². The Kier molecular flexibility index (Phi) is 4.81. The maximum atomic E-state index is 12.0. The van der Waals surface area contributed by atoms with Gasteiger partial charge in [-0.15, -0.1) is 0 Å². The standard InChI is InChI=1S/C15H21N5O/c1-3-17-15(21)13-5-4-11(16)10-14(13)18-8-6-12-7-9-20(2)19-12/h4-5,7,9-10,18H,3,6,8,16H2,1-2H3,(H,17,21). The molecule has 0 saturated carbocycles. The second-order valence-corrected chi connectivity index (χ2v) is 4.82. The van der Waals surface area contributed by atoms with Crippen LogP contribution in [0.15, 0.2) is 30.5 Å². The summed E-state index contributed by atoms with van der Waals surface area (Å²) >= 11 is 0. The van der Waals surface area contributed by atoms with Crippen LogP contribution in [0.3, 0.4) is 0 Å². The third-order valence-corrected chi connectivity index (χ3v) is 3.09. The van der Waals surface area contributed by atoms with Crippen LogP contribution < -0.4 is 16.4 Å². The molecule has 112 valence electrons. The number of aromatic nitrogens is 2. The zero-order valence-corrected chi connectivity index (χ0v) is 12.4. The minimum absolute atomic E-state index is 0.0992. The summed E-state index contributed by atoms with van der Waals surface area (Å²) in [5.74, 6) is -0.0992. The highest BCUT2D eigenvalue weighted by atomic mass is 16.1. The van der Waals surface area contributed by atoms with Crippen LogP contribution in [-0.2, 0) is 13.5 Å². The third kappa shape index (κ3) is 3.98. The van der Waals surface area contributed by atoms with E-state index in [1.807, 2.05) is 26.2 Å². The first kappa shape index (κ1) is 14.9. The van der Waals surface area contributed by atoms with Crippen molar-refractivity contribution in [3.05, 3.63) is 41.7 Å². The van der Waals surface area contributed by atoms with E-state index in [2.05, 4.69) is 15.7 Å². The van der Waals surface area contributed by atoms with Crippen molar-refractivity contribution in [2.24, 2.45) is 7.05 Å². The third-order valence-electron chi connectivity index (χ3n) is 3.09. The van der Waals surface area contributed by atoms with E-state index >= 15 is 0 Å². The van der Waals surface area contributed by atoms with Crippen LogP contribution in [0.1, 0.15) is 23.0 Å². The second kappa shape index (κ2) is 6.78. The van der Waals surface area contributed by atoms with E-state index in [1.165, 1.54) is 0 Å². The molecule has 1 heterocycles. The van der Waals surface area contributed by atoms with Crippen molar-refractivity contribution in [3.8, 4) is 0 Å². The smallest absolute Gasteiger partial charge is 0.253 e. The lowest BCUT2D eigenvalue weighted by atomic mass is 10.1. The number of nitrogens with two attached hydrogens (primary N) is 1. The number of nitrogens with one attached hydrogen (secondary N) is 2. The molecule has 0 bridgehead atoms. The molecule has 21 heavy (non-hydrogen) atoms. The summed E-state index contributed by atoms with van der Waals surface area (Å²) in [4.78, 5) is 12.0. The first-order valence-electron chi connectivity index (χ1n) is 7.00. The molecule has 4 N–H and O–H groups in total. The van der Waals surface area contributed by atoms with E-state index in [-0.39, 0.29) is 5.91 Å². The first-order valence-corrected chi connectivity index (χ1v) is 7.00. The molecule has 0 atom stereocenters. The minimum Gasteiger partial charge on any atom is -0.399 e. The van der Waals surface area contributed by atoms with Gasteiger partial charge in [-0.2, -0.15) is 5.10 Å². The Hall–Kier alpha value is -2.50. The number of carbonyl (C=O) groups excluding carboxylic acids is 1. The Labute approximate surface area is 124 Å². The summed E-state index contributed by atoms with van der Waals surface area (Å²) in [5, 5.41) is 10.4. The highest BCUT2D eigenvalue weighted by Crippen LogP contribution is 2.19. The SMILES string of the molecule is CCNC(=O)c1ccc(N)cc1NCCc1ccn(C)n1. The molecule has 0 unspecified atom stereocenters. The molecule has 0 radical (unpaired) electrons. The largest absolute Gasteiger partial charge is 0.399 e. The Morgan fingerprint density at radius 1 is 1.38 bits per heavy atom. The fraction of sp³-hybridized carbons (Fsp3) is 0.333. The van der Waals surface area contributed by atoms with E-state index in [1.54, 1.807) is 22.9 Å². The van der Waals surface area contributed by atoms with E-state index in [9.17, 15) is 4.79 Å². The van der Waals surface area contributed by atoms with E-state index in [0.717, 1.165) is 17.8 Å². The number of hydrogen-bond acceptors (Lipinski definition) is 4. The molecule has 0 aliphatic heterocycles. The van der Waals surface area contributed by atoms with Gasteiger partial charge in [0.1, 0.15) is 0 Å². The van der Waals surface area contributed by atoms with Crippen molar-refractivity contribution in [2.45, 2.75) is 13.3 Å². The molecule has 0 spiro atoms. The number of rotatable bonds is 6. The van der Waals surface area contributed by atoms with Gasteiger partial charge in [-0.3, -0.25) is 9.48 Å². The van der Waals surface area contributed by atoms with Crippen molar-refractivity contribution in [1.82, 2.24) is 15.1 Å². The Bertz CT molecular complexity index is 620. The number of aryl methyl sites for hydroxylation is 1. The fourth-order valence-electron chi connectivity index (χ4n) is 2.08. The maximum Gasteiger partial charge on any atom is 0.253 e. The Morgan fingerprint density at radius 3 is 2.86 bits per heavy atom. The second-order valence-electron chi connectivity index (χ2n) is 4.82. The molecule has 6 heteroatoms. The molecule has 1 aromatic heterocycles. The summed E-state index contributed by atoms with van der Waals surface area (Å²) in [6.07, 6.45) is 2.69. The van der Waals surface area contributed by atoms with Gasteiger partial charge in [-0.05, 0) is 31.2 Å². The van der Waals surface area contributed by atoms with Crippen molar-refractivity contribution >= 4 is 17.3 Å². The van der Waals surface area contributed by atoms with Gasteiger partial charge >= 0.3 is 0 Å². The zero-order chi connectivity index (χ0) is 15.2. The van der Waals surface area contributed by atoms with Gasteiger partial charge in [-0.1, -0.05) is 0 Å². The van der Waals surface area contributed by atoms with Crippen LogP contribution in [0.2, 0.25) is 0 Å². The van der Waals surface area contributed by atoms with Crippen molar-refractivity contribution < 1.29 is 4.79 Å².